The highest BCUT2D eigenvalue weighted by molar-refractivity contribution is 5.11. The molecule has 2 rings (SSSR count). The maximum atomic E-state index is 6.26. The fraction of sp³-hybridized carbons (Fsp3) is 0.769. The molecule has 1 aromatic rings. The molecule has 1 aliphatic rings. The largest absolute Gasteiger partial charge is 0.491 e. The SMILES string of the molecule is CCOc1cnn(CC(N)C2CCCCC2)c1. The van der Waals surface area contributed by atoms with Crippen molar-refractivity contribution in [1.29, 1.82) is 0 Å². The molecule has 1 saturated carbocycles. The first kappa shape index (κ1) is 12.4. The summed E-state index contributed by atoms with van der Waals surface area (Å²) in [5, 5.41) is 4.28. The van der Waals surface area contributed by atoms with Crippen molar-refractivity contribution in [3.63, 3.8) is 0 Å². The molecule has 2 N–H and O–H groups in total. The van der Waals surface area contributed by atoms with Crippen LogP contribution in [0.25, 0.3) is 0 Å². The average molecular weight is 237 g/mol. The van der Waals surface area contributed by atoms with E-state index in [4.69, 9.17) is 10.5 Å². The molecule has 96 valence electrons. The lowest BCUT2D eigenvalue weighted by Crippen LogP contribution is -2.35. The standard InChI is InChI=1S/C13H23N3O/c1-2-17-12-8-15-16(9-12)10-13(14)11-6-4-3-5-7-11/h8-9,11,13H,2-7,10,14H2,1H3. The lowest BCUT2D eigenvalue weighted by molar-refractivity contribution is 0.279. The van der Waals surface area contributed by atoms with Crippen molar-refractivity contribution in [1.82, 2.24) is 9.78 Å². The van der Waals surface area contributed by atoms with Gasteiger partial charge in [-0.05, 0) is 25.7 Å². The fourth-order valence-electron chi connectivity index (χ4n) is 2.61. The molecule has 1 atom stereocenters. The summed E-state index contributed by atoms with van der Waals surface area (Å²) in [6, 6.07) is 0.227. The molecule has 1 unspecified atom stereocenters. The quantitative estimate of drug-likeness (QED) is 0.854. The van der Waals surface area contributed by atoms with Gasteiger partial charge in [0.05, 0.1) is 25.5 Å². The Morgan fingerprint density at radius 3 is 2.94 bits per heavy atom. The molecule has 1 aliphatic carbocycles. The van der Waals surface area contributed by atoms with Crippen LogP contribution in [0.3, 0.4) is 0 Å². The molecule has 0 radical (unpaired) electrons. The van der Waals surface area contributed by atoms with Crippen molar-refractivity contribution in [3.8, 4) is 5.75 Å². The van der Waals surface area contributed by atoms with Crippen LogP contribution in [-0.2, 0) is 6.54 Å². The van der Waals surface area contributed by atoms with Crippen LogP contribution in [0.5, 0.6) is 5.75 Å². The monoisotopic (exact) mass is 237 g/mol. The van der Waals surface area contributed by atoms with Gasteiger partial charge < -0.3 is 10.5 Å². The lowest BCUT2D eigenvalue weighted by atomic mass is 9.84. The maximum absolute atomic E-state index is 6.26. The van der Waals surface area contributed by atoms with Crippen LogP contribution >= 0.6 is 0 Å². The highest BCUT2D eigenvalue weighted by Crippen LogP contribution is 2.26. The van der Waals surface area contributed by atoms with E-state index in [-0.39, 0.29) is 6.04 Å². The van der Waals surface area contributed by atoms with Crippen molar-refractivity contribution in [3.05, 3.63) is 12.4 Å². The van der Waals surface area contributed by atoms with Crippen molar-refractivity contribution < 1.29 is 4.74 Å². The molecular weight excluding hydrogens is 214 g/mol. The Labute approximate surface area is 103 Å². The predicted molar refractivity (Wildman–Crippen MR) is 67.9 cm³/mol. The third-order valence-corrected chi connectivity index (χ3v) is 3.57. The van der Waals surface area contributed by atoms with Crippen molar-refractivity contribution in [2.24, 2.45) is 11.7 Å². The van der Waals surface area contributed by atoms with Crippen molar-refractivity contribution in [2.75, 3.05) is 6.61 Å². The van der Waals surface area contributed by atoms with Gasteiger partial charge >= 0.3 is 0 Å². The molecule has 4 nitrogen and oxygen atoms in total. The summed E-state index contributed by atoms with van der Waals surface area (Å²) in [4.78, 5) is 0. The zero-order valence-electron chi connectivity index (χ0n) is 10.6. The summed E-state index contributed by atoms with van der Waals surface area (Å²) in [6.07, 6.45) is 10.3. The van der Waals surface area contributed by atoms with Gasteiger partial charge in [-0.15, -0.1) is 0 Å². The van der Waals surface area contributed by atoms with Gasteiger partial charge in [-0.3, -0.25) is 4.68 Å². The molecule has 1 fully saturated rings. The van der Waals surface area contributed by atoms with Crippen molar-refractivity contribution in [2.45, 2.75) is 51.6 Å². The highest BCUT2D eigenvalue weighted by atomic mass is 16.5. The number of rotatable bonds is 5. The molecule has 0 amide bonds. The van der Waals surface area contributed by atoms with E-state index in [0.717, 1.165) is 12.3 Å². The van der Waals surface area contributed by atoms with Gasteiger partial charge in [-0.25, -0.2) is 0 Å². The molecular formula is C13H23N3O. The van der Waals surface area contributed by atoms with Crippen LogP contribution in [0.1, 0.15) is 39.0 Å². The summed E-state index contributed by atoms with van der Waals surface area (Å²) < 4.78 is 7.30. The number of ether oxygens (including phenoxy) is 1. The maximum Gasteiger partial charge on any atom is 0.157 e. The van der Waals surface area contributed by atoms with E-state index < -0.39 is 0 Å². The zero-order chi connectivity index (χ0) is 12.1. The highest BCUT2D eigenvalue weighted by Gasteiger charge is 2.20. The Bertz CT molecular complexity index is 331. The summed E-state index contributed by atoms with van der Waals surface area (Å²) in [5.74, 6) is 1.51. The number of aromatic nitrogens is 2. The van der Waals surface area contributed by atoms with Gasteiger partial charge in [0.2, 0.25) is 0 Å². The Kier molecular flexibility index (Phi) is 4.42. The first-order valence-corrected chi connectivity index (χ1v) is 6.70. The van der Waals surface area contributed by atoms with Crippen LogP contribution < -0.4 is 10.5 Å². The van der Waals surface area contributed by atoms with E-state index in [1.165, 1.54) is 32.1 Å². The van der Waals surface area contributed by atoms with Gasteiger partial charge in [0.25, 0.3) is 0 Å². The number of nitrogens with two attached hydrogens (primary N) is 1. The fourth-order valence-corrected chi connectivity index (χ4v) is 2.61. The third kappa shape index (κ3) is 3.46. The summed E-state index contributed by atoms with van der Waals surface area (Å²) in [7, 11) is 0. The minimum atomic E-state index is 0.227. The molecule has 0 saturated heterocycles. The van der Waals surface area contributed by atoms with Crippen LogP contribution in [0, 0.1) is 5.92 Å². The molecule has 1 heterocycles. The molecule has 0 aromatic carbocycles. The molecule has 0 aliphatic heterocycles. The molecule has 1 aromatic heterocycles. The topological polar surface area (TPSA) is 53.1 Å². The number of hydrogen-bond acceptors (Lipinski definition) is 3. The summed E-state index contributed by atoms with van der Waals surface area (Å²) in [6.45, 7) is 3.46. The summed E-state index contributed by atoms with van der Waals surface area (Å²) in [5.41, 5.74) is 6.26. The van der Waals surface area contributed by atoms with Gasteiger partial charge in [-0.1, -0.05) is 19.3 Å². The van der Waals surface area contributed by atoms with Gasteiger partial charge in [0.15, 0.2) is 5.75 Å². The first-order valence-electron chi connectivity index (χ1n) is 6.70. The normalized spacial score (nSPS) is 19.2. The van der Waals surface area contributed by atoms with E-state index in [0.29, 0.717) is 12.5 Å². The van der Waals surface area contributed by atoms with Crippen LogP contribution in [0.15, 0.2) is 12.4 Å². The predicted octanol–water partition coefficient (Wildman–Crippen LogP) is 2.19. The van der Waals surface area contributed by atoms with Crippen molar-refractivity contribution >= 4 is 0 Å². The summed E-state index contributed by atoms with van der Waals surface area (Å²) >= 11 is 0. The van der Waals surface area contributed by atoms with Gasteiger partial charge in [-0.2, -0.15) is 5.10 Å². The van der Waals surface area contributed by atoms with Crippen LogP contribution in [0.4, 0.5) is 0 Å². The second kappa shape index (κ2) is 6.05. The Morgan fingerprint density at radius 2 is 2.24 bits per heavy atom. The van der Waals surface area contributed by atoms with Gasteiger partial charge in [0.1, 0.15) is 0 Å². The minimum Gasteiger partial charge on any atom is -0.491 e. The van der Waals surface area contributed by atoms with Crippen LogP contribution in [-0.4, -0.2) is 22.4 Å². The second-order valence-electron chi connectivity index (χ2n) is 4.89. The average Bonchev–Trinajstić information content (AvgIpc) is 2.78. The smallest absolute Gasteiger partial charge is 0.157 e. The van der Waals surface area contributed by atoms with E-state index in [1.807, 2.05) is 17.8 Å². The number of hydrogen-bond donors (Lipinski definition) is 1. The molecule has 4 heteroatoms. The molecule has 17 heavy (non-hydrogen) atoms. The Hall–Kier alpha value is -1.03. The van der Waals surface area contributed by atoms with E-state index in [2.05, 4.69) is 5.10 Å². The van der Waals surface area contributed by atoms with Gasteiger partial charge in [0, 0.05) is 6.04 Å². The third-order valence-electron chi connectivity index (χ3n) is 3.57. The van der Waals surface area contributed by atoms with E-state index >= 15 is 0 Å². The Morgan fingerprint density at radius 1 is 1.47 bits per heavy atom. The lowest BCUT2D eigenvalue weighted by Gasteiger charge is -2.27. The molecule has 0 spiro atoms. The van der Waals surface area contributed by atoms with E-state index in [9.17, 15) is 0 Å². The minimum absolute atomic E-state index is 0.227. The first-order chi connectivity index (χ1) is 8.29. The Balaban J connectivity index is 1.85. The zero-order valence-corrected chi connectivity index (χ0v) is 10.6. The molecule has 0 bridgehead atoms. The van der Waals surface area contributed by atoms with Crippen LogP contribution in [0.2, 0.25) is 0 Å². The second-order valence-corrected chi connectivity index (χ2v) is 4.89. The van der Waals surface area contributed by atoms with E-state index in [1.54, 1.807) is 6.20 Å². The number of nitrogens with zero attached hydrogens (tertiary/aromatic N) is 2.